The number of hydrogen-bond donors (Lipinski definition) is 0. The number of rotatable bonds is 12. The van der Waals surface area contributed by atoms with Gasteiger partial charge in [-0.1, -0.05) is 202 Å². The average molecular weight is 1150 g/mol. The lowest BCUT2D eigenvalue weighted by molar-refractivity contribution is 0.481. The van der Waals surface area contributed by atoms with Gasteiger partial charge in [0.25, 0.3) is 0 Å². The summed E-state index contributed by atoms with van der Waals surface area (Å²) in [7, 11) is 0. The standard InChI is InChI=1S/C85H87N3/c1-18-61(32-24-53(3)4)87(63-35-27-55(6)28-36-63)65-37-40-69-68-39-29-57(47-73(68)84(14,15)74(69)52-65)58-31-41-79-75(49-58)85(16,17)77-51-60(50-76-80(77)88(79)78-23-21-20-22-70(78)82(76,10)11)59-30-38-67-66(19-2)71(83(12,13)72(67)48-59)46-56(7)86(62-33-25-54(5)26-34-62)64-42-44-81(8,9)45-43-64/h18-36,38-39,41-44,46-52H,2-3,37,40,45H2,1,4-17H3/b32-24-,56-46+,61-18+. The van der Waals surface area contributed by atoms with Crippen molar-refractivity contribution in [3.63, 3.8) is 0 Å². The van der Waals surface area contributed by atoms with Crippen molar-refractivity contribution in [3.05, 3.63) is 303 Å². The first-order chi connectivity index (χ1) is 41.8. The van der Waals surface area contributed by atoms with Gasteiger partial charge in [-0.2, -0.15) is 0 Å². The van der Waals surface area contributed by atoms with Crippen molar-refractivity contribution >= 4 is 39.6 Å². The van der Waals surface area contributed by atoms with Crippen LogP contribution < -0.4 is 14.7 Å². The lowest BCUT2D eigenvalue weighted by atomic mass is 9.65. The van der Waals surface area contributed by atoms with Gasteiger partial charge in [0.15, 0.2) is 0 Å². The van der Waals surface area contributed by atoms with Crippen molar-refractivity contribution in [2.24, 2.45) is 5.41 Å². The highest BCUT2D eigenvalue weighted by molar-refractivity contribution is 5.96. The molecule has 3 heteroatoms. The van der Waals surface area contributed by atoms with Gasteiger partial charge in [-0.05, 0) is 239 Å². The maximum atomic E-state index is 4.47. The number of para-hydroxylation sites is 1. The third-order valence-electron chi connectivity index (χ3n) is 20.7. The molecular formula is C85H87N3. The lowest BCUT2D eigenvalue weighted by Gasteiger charge is -2.50. The van der Waals surface area contributed by atoms with Crippen LogP contribution >= 0.6 is 0 Å². The third-order valence-corrected chi connectivity index (χ3v) is 20.7. The molecule has 0 amide bonds. The molecule has 0 unspecified atom stereocenters. The molecule has 0 saturated carbocycles. The fraction of sp³-hybridized carbons (Fsp3) is 0.271. The second-order valence-electron chi connectivity index (χ2n) is 28.8. The number of nitrogens with zero attached hydrogens (tertiary/aromatic N) is 3. The Morgan fingerprint density at radius 3 is 1.73 bits per heavy atom. The fourth-order valence-electron chi connectivity index (χ4n) is 15.4. The first kappa shape index (κ1) is 58.4. The van der Waals surface area contributed by atoms with Gasteiger partial charge in [-0.3, -0.25) is 0 Å². The Hall–Kier alpha value is -8.66. The maximum Gasteiger partial charge on any atom is 0.0544 e. The molecule has 7 aromatic carbocycles. The molecule has 3 nitrogen and oxygen atoms in total. The van der Waals surface area contributed by atoms with E-state index < -0.39 is 0 Å². The molecule has 88 heavy (non-hydrogen) atoms. The molecule has 0 fully saturated rings. The smallest absolute Gasteiger partial charge is 0.0544 e. The van der Waals surface area contributed by atoms with E-state index in [-0.39, 0.29) is 27.1 Å². The van der Waals surface area contributed by atoms with Gasteiger partial charge in [0, 0.05) is 55.8 Å². The average Bonchev–Trinajstić information content (AvgIpc) is 0.916. The molecule has 0 atom stereocenters. The predicted octanol–water partition coefficient (Wildman–Crippen LogP) is 23.2. The van der Waals surface area contributed by atoms with Crippen molar-refractivity contribution in [2.75, 3.05) is 14.7 Å². The Kier molecular flexibility index (Phi) is 13.9. The summed E-state index contributed by atoms with van der Waals surface area (Å²) in [6, 6.07) is 54.0. The summed E-state index contributed by atoms with van der Waals surface area (Å²) in [5, 5.41) is 0. The Bertz CT molecular complexity index is 4380. The minimum absolute atomic E-state index is 0.127. The summed E-state index contributed by atoms with van der Waals surface area (Å²) < 4.78 is 0. The number of hydrogen-bond acceptors (Lipinski definition) is 3. The zero-order chi connectivity index (χ0) is 62.1. The van der Waals surface area contributed by atoms with E-state index in [1.54, 1.807) is 0 Å². The number of fused-ring (bicyclic) bond motifs is 7. The molecule has 0 aromatic heterocycles. The van der Waals surface area contributed by atoms with Gasteiger partial charge < -0.3 is 14.7 Å². The van der Waals surface area contributed by atoms with Crippen molar-refractivity contribution in [2.45, 2.75) is 145 Å². The quantitative estimate of drug-likeness (QED) is 0.113. The molecule has 7 aromatic rings. The van der Waals surface area contributed by atoms with Gasteiger partial charge in [0.05, 0.1) is 17.1 Å². The summed E-state index contributed by atoms with van der Waals surface area (Å²) in [6.07, 6.45) is 23.6. The van der Waals surface area contributed by atoms with Crippen LogP contribution in [-0.2, 0) is 21.7 Å². The van der Waals surface area contributed by atoms with E-state index in [4.69, 9.17) is 0 Å². The number of benzene rings is 7. The Labute approximate surface area is 526 Å². The van der Waals surface area contributed by atoms with Crippen LogP contribution in [0.4, 0.5) is 28.4 Å². The van der Waals surface area contributed by atoms with Crippen molar-refractivity contribution in [1.29, 1.82) is 0 Å². The molecule has 0 saturated heterocycles. The van der Waals surface area contributed by atoms with Crippen LogP contribution in [0.1, 0.15) is 165 Å². The SMILES string of the molecule is C=CC1=C(/C=C(\C)N(C2=CCC(C)(C)C=C2)c2ccc(C)cc2)C(C)(C)c2cc(-c3cc4c5c(c3)C(C)(C)c3cc(-c6ccc7c(c6)C(C)(C)C6=C7CCC(N(C(/C=C\C(=C)C)=C/C)c7ccc(C)cc7)=C6)ccc3N5c3ccccc3C4(C)C)ccc21. The van der Waals surface area contributed by atoms with Crippen LogP contribution in [-0.4, -0.2) is 0 Å². The summed E-state index contributed by atoms with van der Waals surface area (Å²) >= 11 is 0. The predicted molar refractivity (Wildman–Crippen MR) is 378 cm³/mol. The van der Waals surface area contributed by atoms with Crippen LogP contribution in [0, 0.1) is 19.3 Å². The van der Waals surface area contributed by atoms with Gasteiger partial charge >= 0.3 is 0 Å². The summed E-state index contributed by atoms with van der Waals surface area (Å²) in [5.41, 5.74) is 34.7. The molecule has 6 aliphatic rings. The van der Waals surface area contributed by atoms with E-state index in [1.165, 1.54) is 140 Å². The first-order valence-electron chi connectivity index (χ1n) is 32.0. The lowest BCUT2D eigenvalue weighted by Crippen LogP contribution is -2.38. The third kappa shape index (κ3) is 9.37. The van der Waals surface area contributed by atoms with E-state index in [2.05, 4.69) is 326 Å². The topological polar surface area (TPSA) is 9.72 Å². The van der Waals surface area contributed by atoms with Crippen molar-refractivity contribution in [3.8, 4) is 22.3 Å². The number of anilines is 5. The van der Waals surface area contributed by atoms with E-state index in [0.717, 1.165) is 36.2 Å². The van der Waals surface area contributed by atoms with Gasteiger partial charge in [0.1, 0.15) is 0 Å². The summed E-state index contributed by atoms with van der Waals surface area (Å²) in [6.45, 7) is 43.6. The zero-order valence-electron chi connectivity index (χ0n) is 54.9. The second kappa shape index (κ2) is 21.0. The van der Waals surface area contributed by atoms with Crippen LogP contribution in [0.15, 0.2) is 247 Å². The molecule has 2 heterocycles. The second-order valence-corrected chi connectivity index (χ2v) is 28.8. The Morgan fingerprint density at radius 2 is 1.11 bits per heavy atom. The van der Waals surface area contributed by atoms with Crippen LogP contribution in [0.5, 0.6) is 0 Å². The zero-order valence-corrected chi connectivity index (χ0v) is 54.9. The van der Waals surface area contributed by atoms with E-state index >= 15 is 0 Å². The highest BCUT2D eigenvalue weighted by Gasteiger charge is 2.47. The Morgan fingerprint density at radius 1 is 0.557 bits per heavy atom. The van der Waals surface area contributed by atoms with E-state index in [9.17, 15) is 0 Å². The first-order valence-corrected chi connectivity index (χ1v) is 32.0. The molecule has 0 spiro atoms. The fourth-order valence-corrected chi connectivity index (χ4v) is 15.4. The van der Waals surface area contributed by atoms with Crippen LogP contribution in [0.25, 0.3) is 33.4 Å². The molecule has 4 aliphatic carbocycles. The molecule has 13 rings (SSSR count). The summed E-state index contributed by atoms with van der Waals surface area (Å²) in [4.78, 5) is 7.50. The normalized spacial score (nSPS) is 18.6. The van der Waals surface area contributed by atoms with E-state index in [1.807, 2.05) is 0 Å². The van der Waals surface area contributed by atoms with E-state index in [0.29, 0.717) is 0 Å². The molecule has 0 bridgehead atoms. The molecule has 0 N–H and O–H groups in total. The van der Waals surface area contributed by atoms with Crippen LogP contribution in [0.2, 0.25) is 0 Å². The largest absolute Gasteiger partial charge is 0.315 e. The minimum Gasteiger partial charge on any atom is -0.315 e. The maximum absolute atomic E-state index is 4.47. The molecule has 2 aliphatic heterocycles. The minimum atomic E-state index is -0.345. The highest BCUT2D eigenvalue weighted by Crippen LogP contribution is 2.62. The summed E-state index contributed by atoms with van der Waals surface area (Å²) in [5.74, 6) is 0. The van der Waals surface area contributed by atoms with Crippen LogP contribution in [0.3, 0.4) is 0 Å². The Balaban J connectivity index is 0.876. The number of aryl methyl sites for hydroxylation is 2. The van der Waals surface area contributed by atoms with Gasteiger partial charge in [-0.25, -0.2) is 0 Å². The van der Waals surface area contributed by atoms with Gasteiger partial charge in [-0.15, -0.1) is 0 Å². The highest BCUT2D eigenvalue weighted by atomic mass is 15.2. The van der Waals surface area contributed by atoms with Crippen molar-refractivity contribution < 1.29 is 0 Å². The molecular weight excluding hydrogens is 1060 g/mol. The molecule has 442 valence electrons. The monoisotopic (exact) mass is 1150 g/mol. The number of allylic oxidation sites excluding steroid dienone is 16. The van der Waals surface area contributed by atoms with Gasteiger partial charge in [0.2, 0.25) is 0 Å². The van der Waals surface area contributed by atoms with Crippen molar-refractivity contribution in [1.82, 2.24) is 0 Å². The molecule has 0 radical (unpaired) electrons.